The molecule has 3 nitrogen and oxygen atoms in total. The first kappa shape index (κ1) is 9.37. The van der Waals surface area contributed by atoms with E-state index in [0.29, 0.717) is 6.10 Å². The van der Waals surface area contributed by atoms with Gasteiger partial charge in [-0.2, -0.15) is 0 Å². The molecule has 0 spiro atoms. The molecule has 1 saturated heterocycles. The van der Waals surface area contributed by atoms with Crippen molar-refractivity contribution in [2.24, 2.45) is 5.73 Å². The molecule has 68 valence electrons. The molecule has 1 aliphatic heterocycles. The number of nitrogens with zero attached hydrogens (tertiary/aromatic N) is 1. The first-order valence-electron chi connectivity index (χ1n) is 4.35. The largest absolute Gasteiger partial charge is 0.377 e. The monoisotopic (exact) mass is 168 g/mol. The van der Waals surface area contributed by atoms with E-state index in [1.54, 1.807) is 0 Å². The highest BCUT2D eigenvalue weighted by Crippen LogP contribution is 2.03. The fourth-order valence-electron chi connectivity index (χ4n) is 1.38. The van der Waals surface area contributed by atoms with Gasteiger partial charge in [-0.15, -0.1) is 0 Å². The Morgan fingerprint density at radius 1 is 1.67 bits per heavy atom. The first-order chi connectivity index (χ1) is 5.83. The molecule has 0 aromatic heterocycles. The van der Waals surface area contributed by atoms with E-state index in [1.165, 1.54) is 0 Å². The summed E-state index contributed by atoms with van der Waals surface area (Å²) in [6.45, 7) is 5.76. The van der Waals surface area contributed by atoms with Crippen LogP contribution < -0.4 is 5.73 Å². The molecular weight excluding hydrogens is 152 g/mol. The van der Waals surface area contributed by atoms with Crippen LogP contribution in [0.1, 0.15) is 13.3 Å². The molecule has 1 unspecified atom stereocenters. The number of nitrogens with two attached hydrogens (primary N) is 1. The van der Waals surface area contributed by atoms with Crippen molar-refractivity contribution < 1.29 is 4.74 Å². The van der Waals surface area contributed by atoms with Crippen molar-refractivity contribution in [1.29, 1.82) is 0 Å². The second kappa shape index (κ2) is 5.02. The summed E-state index contributed by atoms with van der Waals surface area (Å²) in [7, 11) is 0. The maximum absolute atomic E-state index is 5.49. The smallest absolute Gasteiger partial charge is 0.0674 e. The normalized spacial score (nSPS) is 25.6. The van der Waals surface area contributed by atoms with Crippen LogP contribution in [0.3, 0.4) is 0 Å². The second-order valence-corrected chi connectivity index (χ2v) is 3.09. The number of ether oxygens (including phenoxy) is 1. The molecule has 2 N–H and O–H groups in total. The molecule has 12 heavy (non-hydrogen) atoms. The van der Waals surface area contributed by atoms with Crippen molar-refractivity contribution in [2.75, 3.05) is 26.2 Å². The maximum atomic E-state index is 5.49. The molecule has 0 aliphatic carbocycles. The number of hydrogen-bond donors (Lipinski definition) is 1. The predicted octanol–water partition coefficient (Wildman–Crippen LogP) is 0.0168. The van der Waals surface area contributed by atoms with Crippen LogP contribution in [0.25, 0.3) is 0 Å². The zero-order valence-corrected chi connectivity index (χ0v) is 7.55. The van der Waals surface area contributed by atoms with Gasteiger partial charge in [0.05, 0.1) is 12.6 Å². The van der Waals surface area contributed by atoms with Crippen molar-refractivity contribution in [3.05, 3.63) is 0 Å². The number of rotatable bonds is 1. The van der Waals surface area contributed by atoms with Crippen molar-refractivity contribution in [2.45, 2.75) is 19.4 Å². The molecular formula is C9H16N2O. The van der Waals surface area contributed by atoms with Crippen molar-refractivity contribution in [3.63, 3.8) is 0 Å². The van der Waals surface area contributed by atoms with Crippen LogP contribution in [0.15, 0.2) is 0 Å². The zero-order chi connectivity index (χ0) is 8.81. The van der Waals surface area contributed by atoms with Gasteiger partial charge >= 0.3 is 0 Å². The summed E-state index contributed by atoms with van der Waals surface area (Å²) in [5.41, 5.74) is 5.10. The van der Waals surface area contributed by atoms with Gasteiger partial charge in [0, 0.05) is 25.7 Å². The van der Waals surface area contributed by atoms with E-state index in [2.05, 4.69) is 23.8 Å². The minimum atomic E-state index is 0.326. The van der Waals surface area contributed by atoms with Gasteiger partial charge in [0.25, 0.3) is 0 Å². The van der Waals surface area contributed by atoms with Crippen molar-refractivity contribution in [3.8, 4) is 12.0 Å². The second-order valence-electron chi connectivity index (χ2n) is 3.09. The molecule has 1 heterocycles. The Morgan fingerprint density at radius 3 is 3.25 bits per heavy atom. The standard InChI is InChI=1S/C9H16N2O/c1-9-8-11(5-2-4-10)6-3-7-12-9/h9H,3,5-8,10H2,1H3. The summed E-state index contributed by atoms with van der Waals surface area (Å²) in [5.74, 6) is 2.86. The van der Waals surface area contributed by atoms with E-state index in [0.717, 1.165) is 32.7 Å². The highest BCUT2D eigenvalue weighted by Gasteiger charge is 2.13. The minimum Gasteiger partial charge on any atom is -0.377 e. The van der Waals surface area contributed by atoms with Gasteiger partial charge in [-0.05, 0) is 13.3 Å². The van der Waals surface area contributed by atoms with Crippen LogP contribution in [-0.2, 0) is 4.74 Å². The molecule has 0 aromatic rings. The van der Waals surface area contributed by atoms with Gasteiger partial charge in [0.15, 0.2) is 0 Å². The highest BCUT2D eigenvalue weighted by molar-refractivity contribution is 4.97. The van der Waals surface area contributed by atoms with E-state index < -0.39 is 0 Å². The van der Waals surface area contributed by atoms with Crippen LogP contribution in [0, 0.1) is 12.0 Å². The summed E-state index contributed by atoms with van der Waals surface area (Å²) in [4.78, 5) is 2.28. The molecule has 0 radical (unpaired) electrons. The third kappa shape index (κ3) is 3.12. The topological polar surface area (TPSA) is 38.5 Å². The Bertz CT molecular complexity index is 183. The Kier molecular flexibility index (Phi) is 3.92. The van der Waals surface area contributed by atoms with E-state index in [9.17, 15) is 0 Å². The lowest BCUT2D eigenvalue weighted by molar-refractivity contribution is 0.0695. The van der Waals surface area contributed by atoms with E-state index in [-0.39, 0.29) is 0 Å². The lowest BCUT2D eigenvalue weighted by Crippen LogP contribution is -2.30. The fourth-order valence-corrected chi connectivity index (χ4v) is 1.38. The maximum Gasteiger partial charge on any atom is 0.0674 e. The first-order valence-corrected chi connectivity index (χ1v) is 4.35. The summed E-state index contributed by atoms with van der Waals surface area (Å²) < 4.78 is 5.49. The Balaban J connectivity index is 2.34. The summed E-state index contributed by atoms with van der Waals surface area (Å²) in [6, 6.07) is 2.42. The average molecular weight is 168 g/mol. The predicted molar refractivity (Wildman–Crippen MR) is 48.4 cm³/mol. The third-order valence-corrected chi connectivity index (χ3v) is 1.94. The SMILES string of the molecule is CC1CN(CC#CN)CCCO1. The van der Waals surface area contributed by atoms with Gasteiger partial charge in [0.1, 0.15) is 0 Å². The van der Waals surface area contributed by atoms with Gasteiger partial charge < -0.3 is 10.5 Å². The van der Waals surface area contributed by atoms with E-state index in [4.69, 9.17) is 10.5 Å². The molecule has 1 aliphatic rings. The summed E-state index contributed by atoms with van der Waals surface area (Å²) in [6.07, 6.45) is 1.42. The quantitative estimate of drug-likeness (QED) is 0.443. The lowest BCUT2D eigenvalue weighted by Gasteiger charge is -2.18. The lowest BCUT2D eigenvalue weighted by atomic mass is 10.3. The Hall–Kier alpha value is -0.720. The van der Waals surface area contributed by atoms with Crippen LogP contribution in [0.4, 0.5) is 0 Å². The van der Waals surface area contributed by atoms with Crippen LogP contribution in [0.2, 0.25) is 0 Å². The third-order valence-electron chi connectivity index (χ3n) is 1.94. The molecule has 1 rings (SSSR count). The zero-order valence-electron chi connectivity index (χ0n) is 7.55. The number of hydrogen-bond acceptors (Lipinski definition) is 3. The average Bonchev–Trinajstić information content (AvgIpc) is 2.26. The van der Waals surface area contributed by atoms with E-state index >= 15 is 0 Å². The fraction of sp³-hybridized carbons (Fsp3) is 0.778. The molecule has 1 atom stereocenters. The van der Waals surface area contributed by atoms with Gasteiger partial charge in [-0.3, -0.25) is 4.90 Å². The summed E-state index contributed by atoms with van der Waals surface area (Å²) in [5, 5.41) is 0. The van der Waals surface area contributed by atoms with Crippen molar-refractivity contribution >= 4 is 0 Å². The van der Waals surface area contributed by atoms with Gasteiger partial charge in [0.2, 0.25) is 0 Å². The van der Waals surface area contributed by atoms with E-state index in [1.807, 2.05) is 0 Å². The van der Waals surface area contributed by atoms with Crippen LogP contribution in [-0.4, -0.2) is 37.2 Å². The van der Waals surface area contributed by atoms with Gasteiger partial charge in [-0.1, -0.05) is 5.92 Å². The van der Waals surface area contributed by atoms with Crippen LogP contribution >= 0.6 is 0 Å². The minimum absolute atomic E-state index is 0.326. The van der Waals surface area contributed by atoms with Crippen molar-refractivity contribution in [1.82, 2.24) is 4.90 Å². The Labute approximate surface area is 73.9 Å². The molecule has 0 saturated carbocycles. The molecule has 0 aromatic carbocycles. The molecule has 1 fully saturated rings. The van der Waals surface area contributed by atoms with Gasteiger partial charge in [-0.25, -0.2) is 0 Å². The highest BCUT2D eigenvalue weighted by atomic mass is 16.5. The Morgan fingerprint density at radius 2 is 2.50 bits per heavy atom. The summed E-state index contributed by atoms with van der Waals surface area (Å²) >= 11 is 0. The molecule has 3 heteroatoms. The molecule has 0 bridgehead atoms. The van der Waals surface area contributed by atoms with Crippen LogP contribution in [0.5, 0.6) is 0 Å². The molecule has 0 amide bonds.